The van der Waals surface area contributed by atoms with Crippen molar-refractivity contribution in [2.45, 2.75) is 13.8 Å². The standard InChI is InChI=1S/C12H19ClN2O4S2/c1-9(7-13)8-21(18,19)14-11-4-5-12(10(2)6-11)15-20(3,16)17/h4-6,9,14-15H,7-8H2,1-3H3. The fraction of sp³-hybridized carbons (Fsp3) is 0.500. The maximum Gasteiger partial charge on any atom is 0.233 e. The number of rotatable bonds is 7. The highest BCUT2D eigenvalue weighted by Gasteiger charge is 2.15. The minimum Gasteiger partial charge on any atom is -0.284 e. The van der Waals surface area contributed by atoms with Gasteiger partial charge in [0.25, 0.3) is 0 Å². The van der Waals surface area contributed by atoms with E-state index in [9.17, 15) is 16.8 Å². The molecule has 0 aliphatic heterocycles. The van der Waals surface area contributed by atoms with Crippen LogP contribution in [0, 0.1) is 12.8 Å². The number of benzene rings is 1. The van der Waals surface area contributed by atoms with Crippen molar-refractivity contribution >= 4 is 43.0 Å². The lowest BCUT2D eigenvalue weighted by Crippen LogP contribution is -2.22. The monoisotopic (exact) mass is 354 g/mol. The number of alkyl halides is 1. The molecule has 0 spiro atoms. The lowest BCUT2D eigenvalue weighted by atomic mass is 10.2. The van der Waals surface area contributed by atoms with Crippen LogP contribution in [-0.2, 0) is 20.0 Å². The summed E-state index contributed by atoms with van der Waals surface area (Å²) in [6, 6.07) is 4.58. The van der Waals surface area contributed by atoms with Crippen LogP contribution in [0.25, 0.3) is 0 Å². The lowest BCUT2D eigenvalue weighted by Gasteiger charge is -2.13. The van der Waals surface area contributed by atoms with Gasteiger partial charge in [-0.25, -0.2) is 16.8 Å². The van der Waals surface area contributed by atoms with Gasteiger partial charge in [0, 0.05) is 11.6 Å². The van der Waals surface area contributed by atoms with Gasteiger partial charge in [-0.1, -0.05) is 6.92 Å². The minimum atomic E-state index is -3.48. The predicted octanol–water partition coefficient (Wildman–Crippen LogP) is 1.98. The van der Waals surface area contributed by atoms with E-state index in [2.05, 4.69) is 9.44 Å². The summed E-state index contributed by atoms with van der Waals surface area (Å²) < 4.78 is 51.0. The van der Waals surface area contributed by atoms with Crippen molar-refractivity contribution in [1.29, 1.82) is 0 Å². The van der Waals surface area contributed by atoms with Gasteiger partial charge in [0.2, 0.25) is 20.0 Å². The highest BCUT2D eigenvalue weighted by atomic mass is 35.5. The Morgan fingerprint density at radius 3 is 2.29 bits per heavy atom. The summed E-state index contributed by atoms with van der Waals surface area (Å²) in [7, 11) is -6.85. The van der Waals surface area contributed by atoms with Gasteiger partial charge in [-0.3, -0.25) is 9.44 Å². The van der Waals surface area contributed by atoms with E-state index in [0.29, 0.717) is 16.9 Å². The van der Waals surface area contributed by atoms with Crippen LogP contribution in [0.2, 0.25) is 0 Å². The fourth-order valence-electron chi connectivity index (χ4n) is 1.68. The molecule has 9 heteroatoms. The van der Waals surface area contributed by atoms with Gasteiger partial charge in [0.1, 0.15) is 0 Å². The van der Waals surface area contributed by atoms with Crippen molar-refractivity contribution in [1.82, 2.24) is 0 Å². The van der Waals surface area contributed by atoms with Crippen molar-refractivity contribution < 1.29 is 16.8 Å². The van der Waals surface area contributed by atoms with Crippen LogP contribution in [0.4, 0.5) is 11.4 Å². The summed E-state index contributed by atoms with van der Waals surface area (Å²) in [4.78, 5) is 0. The Morgan fingerprint density at radius 2 is 1.81 bits per heavy atom. The van der Waals surface area contributed by atoms with Crippen LogP contribution in [0.3, 0.4) is 0 Å². The smallest absolute Gasteiger partial charge is 0.233 e. The SMILES string of the molecule is Cc1cc(NS(=O)(=O)CC(C)CCl)ccc1NS(C)(=O)=O. The normalized spacial score (nSPS) is 13.7. The van der Waals surface area contributed by atoms with Crippen molar-refractivity contribution in [3.8, 4) is 0 Å². The Balaban J connectivity index is 2.90. The van der Waals surface area contributed by atoms with E-state index < -0.39 is 20.0 Å². The molecular formula is C12H19ClN2O4S2. The molecule has 0 heterocycles. The Bertz CT molecular complexity index is 702. The van der Waals surface area contributed by atoms with Crippen LogP contribution in [0.1, 0.15) is 12.5 Å². The molecule has 0 bridgehead atoms. The van der Waals surface area contributed by atoms with E-state index in [4.69, 9.17) is 11.6 Å². The summed E-state index contributed by atoms with van der Waals surface area (Å²) in [5.41, 5.74) is 1.41. The molecule has 0 saturated carbocycles. The van der Waals surface area contributed by atoms with Crippen LogP contribution in [0.5, 0.6) is 0 Å². The van der Waals surface area contributed by atoms with E-state index >= 15 is 0 Å². The molecular weight excluding hydrogens is 336 g/mol. The predicted molar refractivity (Wildman–Crippen MR) is 86.9 cm³/mol. The molecule has 0 amide bonds. The number of aryl methyl sites for hydroxylation is 1. The maximum absolute atomic E-state index is 11.9. The summed E-state index contributed by atoms with van der Waals surface area (Å²) >= 11 is 5.61. The number of sulfonamides is 2. The third-order valence-corrected chi connectivity index (χ3v) is 5.23. The van der Waals surface area contributed by atoms with E-state index in [1.807, 2.05) is 0 Å². The number of hydrogen-bond acceptors (Lipinski definition) is 4. The van der Waals surface area contributed by atoms with Gasteiger partial charge in [0.15, 0.2) is 0 Å². The van der Waals surface area contributed by atoms with Crippen molar-refractivity contribution in [2.75, 3.05) is 27.3 Å². The van der Waals surface area contributed by atoms with Crippen LogP contribution in [-0.4, -0.2) is 34.7 Å². The molecule has 1 rings (SSSR count). The molecule has 1 unspecified atom stereocenters. The first-order valence-corrected chi connectivity index (χ1v) is 10.2. The van der Waals surface area contributed by atoms with Crippen molar-refractivity contribution in [3.05, 3.63) is 23.8 Å². The molecule has 6 nitrogen and oxygen atoms in total. The first-order chi connectivity index (χ1) is 9.52. The molecule has 0 radical (unpaired) electrons. The first-order valence-electron chi connectivity index (χ1n) is 6.17. The molecule has 120 valence electrons. The van der Waals surface area contributed by atoms with E-state index in [0.717, 1.165) is 6.26 Å². The number of hydrogen-bond donors (Lipinski definition) is 2. The Labute approximate surface area is 131 Å². The van der Waals surface area contributed by atoms with Crippen molar-refractivity contribution in [3.63, 3.8) is 0 Å². The Kier molecular flexibility index (Phi) is 5.89. The van der Waals surface area contributed by atoms with Crippen molar-refractivity contribution in [2.24, 2.45) is 5.92 Å². The molecule has 0 aromatic heterocycles. The number of anilines is 2. The molecule has 0 saturated heterocycles. The molecule has 21 heavy (non-hydrogen) atoms. The average molecular weight is 355 g/mol. The summed E-state index contributed by atoms with van der Waals surface area (Å²) in [6.07, 6.45) is 1.05. The lowest BCUT2D eigenvalue weighted by molar-refractivity contribution is 0.588. The second-order valence-electron chi connectivity index (χ2n) is 5.05. The second-order valence-corrected chi connectivity index (χ2v) is 8.87. The largest absolute Gasteiger partial charge is 0.284 e. The topological polar surface area (TPSA) is 92.3 Å². The van der Waals surface area contributed by atoms with E-state index in [1.54, 1.807) is 19.9 Å². The summed E-state index contributed by atoms with van der Waals surface area (Å²) in [5, 5.41) is 0. The molecule has 0 fully saturated rings. The first kappa shape index (κ1) is 18.1. The Morgan fingerprint density at radius 1 is 1.19 bits per heavy atom. The minimum absolute atomic E-state index is 0.0705. The molecule has 1 aromatic carbocycles. The van der Waals surface area contributed by atoms with E-state index in [1.165, 1.54) is 12.1 Å². The van der Waals surface area contributed by atoms with Gasteiger partial charge in [0.05, 0.1) is 17.7 Å². The van der Waals surface area contributed by atoms with E-state index in [-0.39, 0.29) is 17.6 Å². The maximum atomic E-state index is 11.9. The zero-order valence-corrected chi connectivity index (χ0v) is 14.4. The number of halogens is 1. The quantitative estimate of drug-likeness (QED) is 0.732. The average Bonchev–Trinajstić information content (AvgIpc) is 2.30. The van der Waals surface area contributed by atoms with Gasteiger partial charge < -0.3 is 0 Å². The van der Waals surface area contributed by atoms with Gasteiger partial charge >= 0.3 is 0 Å². The van der Waals surface area contributed by atoms with Crippen LogP contribution < -0.4 is 9.44 Å². The third kappa shape index (κ3) is 6.54. The molecule has 1 atom stereocenters. The molecule has 0 aliphatic carbocycles. The number of nitrogens with one attached hydrogen (secondary N) is 2. The van der Waals surface area contributed by atoms with Gasteiger partial charge in [-0.15, -0.1) is 11.6 Å². The zero-order chi connectivity index (χ0) is 16.3. The highest BCUT2D eigenvalue weighted by Crippen LogP contribution is 2.21. The van der Waals surface area contributed by atoms with Crippen LogP contribution in [0.15, 0.2) is 18.2 Å². The molecule has 2 N–H and O–H groups in total. The third-order valence-electron chi connectivity index (χ3n) is 2.56. The second kappa shape index (κ2) is 6.85. The van der Waals surface area contributed by atoms with Gasteiger partial charge in [-0.05, 0) is 36.6 Å². The fourth-order valence-corrected chi connectivity index (χ4v) is 3.99. The Hall–Kier alpha value is -0.990. The van der Waals surface area contributed by atoms with Gasteiger partial charge in [-0.2, -0.15) is 0 Å². The molecule has 0 aliphatic rings. The zero-order valence-electron chi connectivity index (χ0n) is 12.1. The summed E-state index contributed by atoms with van der Waals surface area (Å²) in [6.45, 7) is 3.43. The molecule has 1 aromatic rings. The summed E-state index contributed by atoms with van der Waals surface area (Å²) in [5.74, 6) is 0.0344. The highest BCUT2D eigenvalue weighted by molar-refractivity contribution is 7.92. The van der Waals surface area contributed by atoms with Crippen LogP contribution >= 0.6 is 11.6 Å².